The van der Waals surface area contributed by atoms with Gasteiger partial charge in [-0.2, -0.15) is 5.10 Å². The lowest BCUT2D eigenvalue weighted by Crippen LogP contribution is -2.22. The molecule has 2 aromatic rings. The minimum atomic E-state index is 0.452. The van der Waals surface area contributed by atoms with Crippen LogP contribution in [0.4, 0.5) is 0 Å². The Morgan fingerprint density at radius 3 is 3.05 bits per heavy atom. The lowest BCUT2D eigenvalue weighted by molar-refractivity contribution is 0.413. The molecule has 1 heterocycles. The van der Waals surface area contributed by atoms with E-state index in [0.29, 0.717) is 6.04 Å². The average Bonchev–Trinajstić information content (AvgIpc) is 3.06. The largest absolute Gasteiger partial charge is 0.497 e. The number of aromatic nitrogens is 2. The number of benzene rings is 1. The molecule has 1 aliphatic rings. The molecule has 0 aliphatic heterocycles. The predicted molar refractivity (Wildman–Crippen MR) is 79.0 cm³/mol. The number of aryl methyl sites for hydroxylation is 2. The summed E-state index contributed by atoms with van der Waals surface area (Å²) in [4.78, 5) is 0. The zero-order valence-electron chi connectivity index (χ0n) is 12.1. The third kappa shape index (κ3) is 2.56. The van der Waals surface area contributed by atoms with Crippen molar-refractivity contribution in [3.63, 3.8) is 0 Å². The molecule has 1 atom stereocenters. The van der Waals surface area contributed by atoms with Gasteiger partial charge in [-0.25, -0.2) is 0 Å². The molecule has 0 amide bonds. The minimum Gasteiger partial charge on any atom is -0.497 e. The van der Waals surface area contributed by atoms with Gasteiger partial charge in [-0.1, -0.05) is 6.07 Å². The van der Waals surface area contributed by atoms with Crippen molar-refractivity contribution in [1.82, 2.24) is 15.1 Å². The van der Waals surface area contributed by atoms with Crippen molar-refractivity contribution in [3.8, 4) is 5.75 Å². The molecule has 0 radical (unpaired) electrons. The molecule has 1 aliphatic carbocycles. The summed E-state index contributed by atoms with van der Waals surface area (Å²) >= 11 is 0. The van der Waals surface area contributed by atoms with E-state index in [1.54, 1.807) is 7.11 Å². The van der Waals surface area contributed by atoms with Gasteiger partial charge in [0.15, 0.2) is 0 Å². The van der Waals surface area contributed by atoms with Crippen LogP contribution in [-0.2, 0) is 19.9 Å². The molecule has 106 valence electrons. The third-order valence-corrected chi connectivity index (χ3v) is 4.13. The maximum atomic E-state index is 5.33. The first kappa shape index (κ1) is 13.2. The van der Waals surface area contributed by atoms with E-state index in [1.807, 2.05) is 17.9 Å². The van der Waals surface area contributed by atoms with E-state index < -0.39 is 0 Å². The SMILES string of the molecule is COc1ccc2c(c1)C(NCCc1ccnn1C)CC2. The number of methoxy groups -OCH3 is 1. The van der Waals surface area contributed by atoms with Gasteiger partial charge >= 0.3 is 0 Å². The van der Waals surface area contributed by atoms with Crippen molar-refractivity contribution >= 4 is 0 Å². The molecule has 4 heteroatoms. The van der Waals surface area contributed by atoms with Crippen LogP contribution in [-0.4, -0.2) is 23.4 Å². The Labute approximate surface area is 119 Å². The molecular weight excluding hydrogens is 250 g/mol. The zero-order chi connectivity index (χ0) is 13.9. The second-order valence-electron chi connectivity index (χ2n) is 5.31. The maximum Gasteiger partial charge on any atom is 0.119 e. The Balaban J connectivity index is 1.62. The minimum absolute atomic E-state index is 0.452. The number of rotatable bonds is 5. The first-order valence-corrected chi connectivity index (χ1v) is 7.15. The van der Waals surface area contributed by atoms with E-state index in [9.17, 15) is 0 Å². The summed E-state index contributed by atoms with van der Waals surface area (Å²) in [7, 11) is 3.71. The third-order valence-electron chi connectivity index (χ3n) is 4.13. The summed E-state index contributed by atoms with van der Waals surface area (Å²) in [6.07, 6.45) is 5.19. The van der Waals surface area contributed by atoms with Gasteiger partial charge in [0.25, 0.3) is 0 Å². The Bertz CT molecular complexity index is 591. The molecule has 1 aromatic carbocycles. The Morgan fingerprint density at radius 1 is 1.40 bits per heavy atom. The first-order chi connectivity index (χ1) is 9.78. The van der Waals surface area contributed by atoms with Crippen molar-refractivity contribution in [3.05, 3.63) is 47.3 Å². The van der Waals surface area contributed by atoms with Crippen molar-refractivity contribution in [2.45, 2.75) is 25.3 Å². The van der Waals surface area contributed by atoms with Crippen LogP contribution in [0.1, 0.15) is 29.3 Å². The highest BCUT2D eigenvalue weighted by molar-refractivity contribution is 5.40. The molecular formula is C16H21N3O. The van der Waals surface area contributed by atoms with Crippen molar-refractivity contribution in [1.29, 1.82) is 0 Å². The number of hydrogen-bond acceptors (Lipinski definition) is 3. The van der Waals surface area contributed by atoms with E-state index >= 15 is 0 Å². The lowest BCUT2D eigenvalue weighted by Gasteiger charge is -2.15. The number of nitrogens with zero attached hydrogens (tertiary/aromatic N) is 2. The molecule has 1 N–H and O–H groups in total. The second-order valence-corrected chi connectivity index (χ2v) is 5.31. The summed E-state index contributed by atoms with van der Waals surface area (Å²) in [6, 6.07) is 8.94. The van der Waals surface area contributed by atoms with Crippen molar-refractivity contribution < 1.29 is 4.74 Å². The van der Waals surface area contributed by atoms with Gasteiger partial charge in [0.2, 0.25) is 0 Å². The van der Waals surface area contributed by atoms with Crippen LogP contribution in [0.25, 0.3) is 0 Å². The van der Waals surface area contributed by atoms with Crippen molar-refractivity contribution in [2.75, 3.05) is 13.7 Å². The number of hydrogen-bond donors (Lipinski definition) is 1. The highest BCUT2D eigenvalue weighted by atomic mass is 16.5. The van der Waals surface area contributed by atoms with E-state index in [2.05, 4.69) is 34.7 Å². The first-order valence-electron chi connectivity index (χ1n) is 7.15. The van der Waals surface area contributed by atoms with Crippen LogP contribution in [0, 0.1) is 0 Å². The molecule has 0 saturated carbocycles. The summed E-state index contributed by atoms with van der Waals surface area (Å²) in [5, 5.41) is 7.86. The fraction of sp³-hybridized carbons (Fsp3) is 0.438. The summed E-state index contributed by atoms with van der Waals surface area (Å²) in [6.45, 7) is 0.973. The predicted octanol–water partition coefficient (Wildman–Crippen LogP) is 2.25. The number of fused-ring (bicyclic) bond motifs is 1. The molecule has 0 spiro atoms. The zero-order valence-corrected chi connectivity index (χ0v) is 12.1. The van der Waals surface area contributed by atoms with Gasteiger partial charge < -0.3 is 10.1 Å². The van der Waals surface area contributed by atoms with E-state index in [4.69, 9.17) is 4.74 Å². The average molecular weight is 271 g/mol. The van der Waals surface area contributed by atoms with Crippen LogP contribution in [0.15, 0.2) is 30.5 Å². The Hall–Kier alpha value is -1.81. The summed E-state index contributed by atoms with van der Waals surface area (Å²) in [5.74, 6) is 0.948. The number of ether oxygens (including phenoxy) is 1. The van der Waals surface area contributed by atoms with Gasteiger partial charge in [0.05, 0.1) is 7.11 Å². The molecule has 3 rings (SSSR count). The fourth-order valence-corrected chi connectivity index (χ4v) is 2.94. The fourth-order valence-electron chi connectivity index (χ4n) is 2.94. The standard InChI is InChI=1S/C16H21N3O/c1-19-13(8-10-18-19)7-9-17-16-6-4-12-3-5-14(20-2)11-15(12)16/h3,5,8,10-11,16-17H,4,6-7,9H2,1-2H3. The molecule has 0 saturated heterocycles. The van der Waals surface area contributed by atoms with Gasteiger partial charge in [0, 0.05) is 37.9 Å². The summed E-state index contributed by atoms with van der Waals surface area (Å²) in [5.41, 5.74) is 4.11. The highest BCUT2D eigenvalue weighted by Gasteiger charge is 2.22. The van der Waals surface area contributed by atoms with Crippen LogP contribution < -0.4 is 10.1 Å². The molecule has 1 aromatic heterocycles. The normalized spacial score (nSPS) is 17.2. The van der Waals surface area contributed by atoms with Crippen LogP contribution in [0.3, 0.4) is 0 Å². The Morgan fingerprint density at radius 2 is 2.30 bits per heavy atom. The summed E-state index contributed by atoms with van der Waals surface area (Å²) < 4.78 is 7.27. The lowest BCUT2D eigenvalue weighted by atomic mass is 10.1. The van der Waals surface area contributed by atoms with E-state index in [-0.39, 0.29) is 0 Å². The molecule has 1 unspecified atom stereocenters. The van der Waals surface area contributed by atoms with Gasteiger partial charge in [-0.3, -0.25) is 4.68 Å². The van der Waals surface area contributed by atoms with Gasteiger partial charge in [-0.05, 0) is 42.2 Å². The van der Waals surface area contributed by atoms with E-state index in [0.717, 1.165) is 25.1 Å². The second kappa shape index (κ2) is 5.67. The molecule has 0 bridgehead atoms. The Kier molecular flexibility index (Phi) is 3.74. The molecule has 0 fully saturated rings. The number of nitrogens with one attached hydrogen (secondary N) is 1. The highest BCUT2D eigenvalue weighted by Crippen LogP contribution is 2.33. The van der Waals surface area contributed by atoms with Crippen LogP contribution >= 0.6 is 0 Å². The molecule has 4 nitrogen and oxygen atoms in total. The molecule has 20 heavy (non-hydrogen) atoms. The van der Waals surface area contributed by atoms with Gasteiger partial charge in [-0.15, -0.1) is 0 Å². The maximum absolute atomic E-state index is 5.33. The monoisotopic (exact) mass is 271 g/mol. The quantitative estimate of drug-likeness (QED) is 0.906. The van der Waals surface area contributed by atoms with Crippen LogP contribution in [0.5, 0.6) is 5.75 Å². The van der Waals surface area contributed by atoms with E-state index in [1.165, 1.54) is 23.2 Å². The smallest absolute Gasteiger partial charge is 0.119 e. The van der Waals surface area contributed by atoms with Crippen LogP contribution in [0.2, 0.25) is 0 Å². The van der Waals surface area contributed by atoms with Gasteiger partial charge in [0.1, 0.15) is 5.75 Å². The topological polar surface area (TPSA) is 39.1 Å². The van der Waals surface area contributed by atoms with Crippen molar-refractivity contribution in [2.24, 2.45) is 7.05 Å².